The summed E-state index contributed by atoms with van der Waals surface area (Å²) in [5.41, 5.74) is 1.31. The fourth-order valence-electron chi connectivity index (χ4n) is 2.75. The smallest absolute Gasteiger partial charge is 0.0449 e. The van der Waals surface area contributed by atoms with Crippen LogP contribution in [0.4, 0.5) is 0 Å². The summed E-state index contributed by atoms with van der Waals surface area (Å²) in [5.74, 6) is 1.69. The average Bonchev–Trinajstić information content (AvgIpc) is 3.10. The van der Waals surface area contributed by atoms with Crippen molar-refractivity contribution < 1.29 is 0 Å². The van der Waals surface area contributed by atoms with Crippen LogP contribution in [0.2, 0.25) is 5.02 Å². The Morgan fingerprint density at radius 1 is 1.17 bits per heavy atom. The molecule has 2 aliphatic carbocycles. The SMILES string of the molecule is Clc1cc(Br)ccc1CC1CCC1CNC1CC1. The fraction of sp³-hybridized carbons (Fsp3) is 0.600. The third kappa shape index (κ3) is 3.09. The highest BCUT2D eigenvalue weighted by molar-refractivity contribution is 9.10. The Bertz CT molecular complexity index is 431. The first kappa shape index (κ1) is 13.0. The molecule has 0 aliphatic heterocycles. The first-order chi connectivity index (χ1) is 8.72. The van der Waals surface area contributed by atoms with E-state index in [-0.39, 0.29) is 0 Å². The van der Waals surface area contributed by atoms with E-state index in [1.807, 2.05) is 6.07 Å². The van der Waals surface area contributed by atoms with Crippen LogP contribution in [0.1, 0.15) is 31.2 Å². The van der Waals surface area contributed by atoms with E-state index in [0.717, 1.165) is 33.8 Å². The van der Waals surface area contributed by atoms with Gasteiger partial charge in [-0.2, -0.15) is 0 Å². The third-order valence-electron chi connectivity index (χ3n) is 4.32. The predicted molar refractivity (Wildman–Crippen MR) is 80.1 cm³/mol. The molecule has 0 bridgehead atoms. The second-order valence-electron chi connectivity index (χ2n) is 5.72. The van der Waals surface area contributed by atoms with Gasteiger partial charge in [-0.15, -0.1) is 0 Å². The van der Waals surface area contributed by atoms with Crippen LogP contribution in [-0.2, 0) is 6.42 Å². The molecule has 2 fully saturated rings. The molecule has 2 atom stereocenters. The van der Waals surface area contributed by atoms with E-state index in [1.165, 1.54) is 37.8 Å². The number of rotatable bonds is 5. The maximum Gasteiger partial charge on any atom is 0.0449 e. The summed E-state index contributed by atoms with van der Waals surface area (Å²) in [6.45, 7) is 1.21. The predicted octanol–water partition coefficient (Wildman–Crippen LogP) is 4.42. The van der Waals surface area contributed by atoms with Crippen LogP contribution < -0.4 is 5.32 Å². The van der Waals surface area contributed by atoms with Crippen LogP contribution in [0.3, 0.4) is 0 Å². The molecular formula is C15H19BrClN. The zero-order valence-corrected chi connectivity index (χ0v) is 12.8. The lowest BCUT2D eigenvalue weighted by molar-refractivity contribution is 0.170. The van der Waals surface area contributed by atoms with Crippen LogP contribution in [0.25, 0.3) is 0 Å². The van der Waals surface area contributed by atoms with Crippen molar-refractivity contribution in [3.8, 4) is 0 Å². The normalized spacial score (nSPS) is 27.0. The average molecular weight is 329 g/mol. The van der Waals surface area contributed by atoms with Crippen molar-refractivity contribution >= 4 is 27.5 Å². The van der Waals surface area contributed by atoms with Crippen molar-refractivity contribution in [1.82, 2.24) is 5.32 Å². The van der Waals surface area contributed by atoms with Gasteiger partial charge in [0.05, 0.1) is 0 Å². The molecule has 0 radical (unpaired) electrons. The summed E-state index contributed by atoms with van der Waals surface area (Å²) in [4.78, 5) is 0. The Labute approximate surface area is 122 Å². The van der Waals surface area contributed by atoms with Gasteiger partial charge in [0.25, 0.3) is 0 Å². The molecule has 1 nitrogen and oxygen atoms in total. The monoisotopic (exact) mass is 327 g/mol. The Kier molecular flexibility index (Phi) is 3.97. The molecule has 1 aromatic rings. The minimum absolute atomic E-state index is 0.829. The summed E-state index contributed by atoms with van der Waals surface area (Å²) >= 11 is 9.75. The summed E-state index contributed by atoms with van der Waals surface area (Å²) in [6.07, 6.45) is 6.66. The van der Waals surface area contributed by atoms with Crippen LogP contribution >= 0.6 is 27.5 Å². The van der Waals surface area contributed by atoms with E-state index in [1.54, 1.807) is 0 Å². The molecule has 2 saturated carbocycles. The molecule has 0 heterocycles. The zero-order valence-electron chi connectivity index (χ0n) is 10.5. The van der Waals surface area contributed by atoms with E-state index in [4.69, 9.17) is 11.6 Å². The maximum absolute atomic E-state index is 6.29. The van der Waals surface area contributed by atoms with Gasteiger partial charge < -0.3 is 5.32 Å². The summed E-state index contributed by atoms with van der Waals surface area (Å²) < 4.78 is 1.07. The molecule has 1 aromatic carbocycles. The Morgan fingerprint density at radius 2 is 1.94 bits per heavy atom. The van der Waals surface area contributed by atoms with Crippen molar-refractivity contribution in [2.45, 2.75) is 38.1 Å². The number of hydrogen-bond donors (Lipinski definition) is 1. The van der Waals surface area contributed by atoms with Crippen molar-refractivity contribution in [1.29, 1.82) is 0 Å². The van der Waals surface area contributed by atoms with Gasteiger partial charge in [-0.25, -0.2) is 0 Å². The number of hydrogen-bond acceptors (Lipinski definition) is 1. The molecule has 18 heavy (non-hydrogen) atoms. The van der Waals surface area contributed by atoms with Gasteiger partial charge in [0.1, 0.15) is 0 Å². The Morgan fingerprint density at radius 3 is 2.56 bits per heavy atom. The van der Waals surface area contributed by atoms with Crippen molar-refractivity contribution in [3.05, 3.63) is 33.3 Å². The Hall–Kier alpha value is -0.0500. The minimum Gasteiger partial charge on any atom is -0.314 e. The lowest BCUT2D eigenvalue weighted by atomic mass is 9.70. The van der Waals surface area contributed by atoms with E-state index in [9.17, 15) is 0 Å². The van der Waals surface area contributed by atoms with Crippen LogP contribution in [0, 0.1) is 11.8 Å². The van der Waals surface area contributed by atoms with E-state index < -0.39 is 0 Å². The van der Waals surface area contributed by atoms with Gasteiger partial charge in [0.15, 0.2) is 0 Å². The minimum atomic E-state index is 0.829. The molecular weight excluding hydrogens is 310 g/mol. The van der Waals surface area contributed by atoms with Crippen molar-refractivity contribution in [2.75, 3.05) is 6.54 Å². The molecule has 2 unspecified atom stereocenters. The van der Waals surface area contributed by atoms with Gasteiger partial charge in [0.2, 0.25) is 0 Å². The lowest BCUT2D eigenvalue weighted by Gasteiger charge is -2.37. The fourth-order valence-corrected chi connectivity index (χ4v) is 3.50. The highest BCUT2D eigenvalue weighted by Crippen LogP contribution is 2.38. The van der Waals surface area contributed by atoms with Crippen LogP contribution in [0.15, 0.2) is 22.7 Å². The maximum atomic E-state index is 6.29. The molecule has 2 aliphatic rings. The van der Waals surface area contributed by atoms with Crippen molar-refractivity contribution in [3.63, 3.8) is 0 Å². The first-order valence-electron chi connectivity index (χ1n) is 6.89. The van der Waals surface area contributed by atoms with E-state index >= 15 is 0 Å². The Balaban J connectivity index is 1.54. The van der Waals surface area contributed by atoms with Gasteiger partial charge in [0, 0.05) is 15.5 Å². The zero-order chi connectivity index (χ0) is 12.5. The summed E-state index contributed by atoms with van der Waals surface area (Å²) in [5, 5.41) is 4.57. The largest absolute Gasteiger partial charge is 0.314 e. The van der Waals surface area contributed by atoms with E-state index in [0.29, 0.717) is 0 Å². The van der Waals surface area contributed by atoms with Gasteiger partial charge in [-0.1, -0.05) is 33.6 Å². The quantitative estimate of drug-likeness (QED) is 0.843. The molecule has 0 saturated heterocycles. The molecule has 3 heteroatoms. The lowest BCUT2D eigenvalue weighted by Crippen LogP contribution is -2.37. The molecule has 0 spiro atoms. The highest BCUT2D eigenvalue weighted by atomic mass is 79.9. The van der Waals surface area contributed by atoms with Gasteiger partial charge in [-0.3, -0.25) is 0 Å². The number of nitrogens with one attached hydrogen (secondary N) is 1. The highest BCUT2D eigenvalue weighted by Gasteiger charge is 2.32. The second-order valence-corrected chi connectivity index (χ2v) is 7.04. The topological polar surface area (TPSA) is 12.0 Å². The van der Waals surface area contributed by atoms with Crippen LogP contribution in [-0.4, -0.2) is 12.6 Å². The standard InChI is InChI=1S/C15H19BrClN/c16-13-4-3-11(15(17)8-13)7-10-1-2-12(10)9-18-14-5-6-14/h3-4,8,10,12,14,18H,1-2,5-7,9H2. The molecule has 0 amide bonds. The van der Waals surface area contributed by atoms with E-state index in [2.05, 4.69) is 33.4 Å². The second kappa shape index (κ2) is 5.52. The summed E-state index contributed by atoms with van der Waals surface area (Å²) in [6, 6.07) is 7.10. The number of benzene rings is 1. The molecule has 98 valence electrons. The van der Waals surface area contributed by atoms with Crippen molar-refractivity contribution in [2.24, 2.45) is 11.8 Å². The molecule has 3 rings (SSSR count). The van der Waals surface area contributed by atoms with Gasteiger partial charge >= 0.3 is 0 Å². The first-order valence-corrected chi connectivity index (χ1v) is 8.07. The number of halogens is 2. The summed E-state index contributed by atoms with van der Waals surface area (Å²) in [7, 11) is 0. The van der Waals surface area contributed by atoms with Crippen LogP contribution in [0.5, 0.6) is 0 Å². The third-order valence-corrected chi connectivity index (χ3v) is 5.16. The molecule has 1 N–H and O–H groups in total. The van der Waals surface area contributed by atoms with Gasteiger partial charge in [-0.05, 0) is 68.2 Å². The molecule has 0 aromatic heterocycles.